The molecule has 4 nitrogen and oxygen atoms in total. The third kappa shape index (κ3) is 4.76. The van der Waals surface area contributed by atoms with Gasteiger partial charge in [-0.1, -0.05) is 35.3 Å². The van der Waals surface area contributed by atoms with Crippen LogP contribution in [0.3, 0.4) is 0 Å². The summed E-state index contributed by atoms with van der Waals surface area (Å²) in [6.07, 6.45) is 1.49. The van der Waals surface area contributed by atoms with Gasteiger partial charge in [0.15, 0.2) is 0 Å². The van der Waals surface area contributed by atoms with Gasteiger partial charge in [-0.05, 0) is 48.9 Å². The van der Waals surface area contributed by atoms with Gasteiger partial charge < -0.3 is 10.1 Å². The summed E-state index contributed by atoms with van der Waals surface area (Å²) in [4.78, 5) is 12.3. The summed E-state index contributed by atoms with van der Waals surface area (Å²) in [7, 11) is 0. The van der Waals surface area contributed by atoms with E-state index in [0.29, 0.717) is 27.9 Å². The van der Waals surface area contributed by atoms with Crippen molar-refractivity contribution in [3.05, 3.63) is 63.6 Å². The molecule has 24 heavy (non-hydrogen) atoms. The van der Waals surface area contributed by atoms with Crippen molar-refractivity contribution in [3.8, 4) is 11.8 Å². The standard InChI is InChI=1S/C18H14Cl2N2O2/c1-2-24-15-6-3-12(4-7-15)9-13(11-21)18(23)22-17-10-14(19)5-8-16(17)20/h3-10H,2H2,1H3,(H,22,23)/b13-9+. The summed E-state index contributed by atoms with van der Waals surface area (Å²) in [5.41, 5.74) is 1.01. The minimum atomic E-state index is -0.560. The molecular formula is C18H14Cl2N2O2. The molecule has 0 saturated heterocycles. The zero-order valence-electron chi connectivity index (χ0n) is 12.8. The van der Waals surface area contributed by atoms with E-state index in [4.69, 9.17) is 27.9 Å². The maximum absolute atomic E-state index is 12.3. The summed E-state index contributed by atoms with van der Waals surface area (Å²) in [6.45, 7) is 2.47. The van der Waals surface area contributed by atoms with E-state index >= 15 is 0 Å². The van der Waals surface area contributed by atoms with Crippen LogP contribution >= 0.6 is 23.2 Å². The number of ether oxygens (including phenoxy) is 1. The fourth-order valence-electron chi connectivity index (χ4n) is 1.93. The second-order valence-electron chi connectivity index (χ2n) is 4.75. The third-order valence-corrected chi connectivity index (χ3v) is 3.61. The van der Waals surface area contributed by atoms with Crippen LogP contribution in [0.2, 0.25) is 10.0 Å². The number of carbonyl (C=O) groups excluding carboxylic acids is 1. The maximum atomic E-state index is 12.3. The van der Waals surface area contributed by atoms with E-state index in [1.807, 2.05) is 13.0 Å². The van der Waals surface area contributed by atoms with E-state index in [1.165, 1.54) is 12.1 Å². The van der Waals surface area contributed by atoms with Crippen molar-refractivity contribution in [2.75, 3.05) is 11.9 Å². The lowest BCUT2D eigenvalue weighted by Gasteiger charge is -2.07. The first-order valence-corrected chi connectivity index (χ1v) is 7.90. The fourth-order valence-corrected chi connectivity index (χ4v) is 2.26. The number of halogens is 2. The molecular weight excluding hydrogens is 347 g/mol. The molecule has 0 aliphatic heterocycles. The number of nitrogens with zero attached hydrogens (tertiary/aromatic N) is 1. The van der Waals surface area contributed by atoms with E-state index < -0.39 is 5.91 Å². The summed E-state index contributed by atoms with van der Waals surface area (Å²) in [6, 6.07) is 13.7. The van der Waals surface area contributed by atoms with Gasteiger partial charge in [0.2, 0.25) is 0 Å². The van der Waals surface area contributed by atoms with E-state index in [1.54, 1.807) is 36.4 Å². The van der Waals surface area contributed by atoms with Gasteiger partial charge in [-0.25, -0.2) is 0 Å². The number of hydrogen-bond acceptors (Lipinski definition) is 3. The molecule has 1 amide bonds. The molecule has 2 rings (SSSR count). The average Bonchev–Trinajstić information content (AvgIpc) is 2.57. The summed E-state index contributed by atoms with van der Waals surface area (Å²) < 4.78 is 5.35. The van der Waals surface area contributed by atoms with Gasteiger partial charge in [-0.2, -0.15) is 5.26 Å². The van der Waals surface area contributed by atoms with Crippen molar-refractivity contribution >= 4 is 40.9 Å². The van der Waals surface area contributed by atoms with Crippen molar-refractivity contribution in [2.24, 2.45) is 0 Å². The number of nitrogens with one attached hydrogen (secondary N) is 1. The van der Waals surface area contributed by atoms with Crippen molar-refractivity contribution in [1.29, 1.82) is 5.26 Å². The molecule has 0 bridgehead atoms. The van der Waals surface area contributed by atoms with Crippen molar-refractivity contribution in [3.63, 3.8) is 0 Å². The third-order valence-electron chi connectivity index (χ3n) is 3.04. The van der Waals surface area contributed by atoms with Crippen LogP contribution in [0.1, 0.15) is 12.5 Å². The monoisotopic (exact) mass is 360 g/mol. The molecule has 0 spiro atoms. The Hall–Kier alpha value is -2.48. The molecule has 0 aliphatic rings. The van der Waals surface area contributed by atoms with Crippen molar-refractivity contribution in [1.82, 2.24) is 0 Å². The molecule has 0 aromatic heterocycles. The number of nitriles is 1. The maximum Gasteiger partial charge on any atom is 0.266 e. The van der Waals surface area contributed by atoms with Crippen LogP contribution in [-0.2, 0) is 4.79 Å². The largest absolute Gasteiger partial charge is 0.494 e. The first kappa shape index (κ1) is 17.9. The van der Waals surface area contributed by atoms with E-state index in [9.17, 15) is 10.1 Å². The van der Waals surface area contributed by atoms with Gasteiger partial charge in [-0.15, -0.1) is 0 Å². The molecule has 0 fully saturated rings. The summed E-state index contributed by atoms with van der Waals surface area (Å²) in [5, 5.41) is 12.6. The molecule has 0 unspecified atom stereocenters. The number of hydrogen-bond donors (Lipinski definition) is 1. The highest BCUT2D eigenvalue weighted by Gasteiger charge is 2.12. The predicted octanol–water partition coefficient (Wildman–Crippen LogP) is 4.94. The van der Waals surface area contributed by atoms with Crippen LogP contribution < -0.4 is 10.1 Å². The quantitative estimate of drug-likeness (QED) is 0.606. The molecule has 0 saturated carbocycles. The van der Waals surface area contributed by atoms with Crippen LogP contribution in [0.15, 0.2) is 48.0 Å². The predicted molar refractivity (Wildman–Crippen MR) is 96.3 cm³/mol. The van der Waals surface area contributed by atoms with Crippen LogP contribution in [-0.4, -0.2) is 12.5 Å². The van der Waals surface area contributed by atoms with Gasteiger partial charge >= 0.3 is 0 Å². The Morgan fingerprint density at radius 1 is 1.25 bits per heavy atom. The zero-order chi connectivity index (χ0) is 17.5. The van der Waals surface area contributed by atoms with Crippen LogP contribution in [0.5, 0.6) is 5.75 Å². The van der Waals surface area contributed by atoms with Crippen molar-refractivity contribution in [2.45, 2.75) is 6.92 Å². The molecule has 0 atom stereocenters. The number of benzene rings is 2. The van der Waals surface area contributed by atoms with Crippen molar-refractivity contribution < 1.29 is 9.53 Å². The lowest BCUT2D eigenvalue weighted by atomic mass is 10.1. The summed E-state index contributed by atoms with van der Waals surface area (Å²) in [5.74, 6) is 0.166. The highest BCUT2D eigenvalue weighted by atomic mass is 35.5. The molecule has 6 heteroatoms. The van der Waals surface area contributed by atoms with Crippen LogP contribution in [0.25, 0.3) is 6.08 Å². The van der Waals surface area contributed by atoms with E-state index in [0.717, 1.165) is 5.75 Å². The van der Waals surface area contributed by atoms with Crippen LogP contribution in [0.4, 0.5) is 5.69 Å². The highest BCUT2D eigenvalue weighted by molar-refractivity contribution is 6.36. The molecule has 0 aliphatic carbocycles. The Balaban J connectivity index is 2.19. The second kappa shape index (κ2) is 8.39. The lowest BCUT2D eigenvalue weighted by molar-refractivity contribution is -0.112. The van der Waals surface area contributed by atoms with Gasteiger partial charge in [-0.3, -0.25) is 4.79 Å². The smallest absolute Gasteiger partial charge is 0.266 e. The minimum absolute atomic E-state index is 0.0461. The Morgan fingerprint density at radius 3 is 2.58 bits per heavy atom. The zero-order valence-corrected chi connectivity index (χ0v) is 14.4. The molecule has 0 heterocycles. The number of anilines is 1. The van der Waals surface area contributed by atoms with Crippen LogP contribution in [0, 0.1) is 11.3 Å². The molecule has 2 aromatic rings. The molecule has 0 radical (unpaired) electrons. The highest BCUT2D eigenvalue weighted by Crippen LogP contribution is 2.26. The number of rotatable bonds is 5. The number of carbonyl (C=O) groups is 1. The molecule has 1 N–H and O–H groups in total. The Bertz CT molecular complexity index is 809. The average molecular weight is 361 g/mol. The van der Waals surface area contributed by atoms with Gasteiger partial charge in [0, 0.05) is 5.02 Å². The Morgan fingerprint density at radius 2 is 1.96 bits per heavy atom. The topological polar surface area (TPSA) is 62.1 Å². The van der Waals surface area contributed by atoms with E-state index in [2.05, 4.69) is 5.32 Å². The first-order valence-electron chi connectivity index (χ1n) is 7.14. The van der Waals surface area contributed by atoms with Gasteiger partial charge in [0.1, 0.15) is 17.4 Å². The fraction of sp³-hybridized carbons (Fsp3) is 0.111. The van der Waals surface area contributed by atoms with Gasteiger partial charge in [0.05, 0.1) is 17.3 Å². The Labute approximate surface area is 150 Å². The Kier molecular flexibility index (Phi) is 6.25. The normalized spacial score (nSPS) is 10.8. The second-order valence-corrected chi connectivity index (χ2v) is 5.59. The molecule has 2 aromatic carbocycles. The lowest BCUT2D eigenvalue weighted by Crippen LogP contribution is -2.13. The van der Waals surface area contributed by atoms with Gasteiger partial charge in [0.25, 0.3) is 5.91 Å². The molecule has 122 valence electrons. The first-order chi connectivity index (χ1) is 11.5. The summed E-state index contributed by atoms with van der Waals surface area (Å²) >= 11 is 11.9. The number of amides is 1. The SMILES string of the molecule is CCOc1ccc(/C=C(\C#N)C(=O)Nc2cc(Cl)ccc2Cl)cc1. The minimum Gasteiger partial charge on any atom is -0.494 e. The van der Waals surface area contributed by atoms with E-state index in [-0.39, 0.29) is 5.57 Å².